The smallest absolute Gasteiger partial charge is 0.407 e. The lowest BCUT2D eigenvalue weighted by Gasteiger charge is -2.26. The molecule has 0 saturated heterocycles. The standard InChI is InChI=1S/C16H19NO3/c18-9-14-12-6-7-13(8-12)15(14)17-16(19)20-10-11-4-2-1-3-5-11/h1-7,12-15,18H,8-10H2,(H,17,19)/t12-,13+,14?,15?/m1/s1. The number of carbonyl (C=O) groups excluding carboxylic acids is 1. The highest BCUT2D eigenvalue weighted by molar-refractivity contribution is 5.68. The van der Waals surface area contributed by atoms with Crippen LogP contribution in [0.4, 0.5) is 4.79 Å². The lowest BCUT2D eigenvalue weighted by atomic mass is 9.90. The van der Waals surface area contributed by atoms with Crippen molar-refractivity contribution in [3.8, 4) is 0 Å². The summed E-state index contributed by atoms with van der Waals surface area (Å²) in [5.41, 5.74) is 0.967. The van der Waals surface area contributed by atoms with E-state index in [-0.39, 0.29) is 25.2 Å². The maximum atomic E-state index is 11.9. The van der Waals surface area contributed by atoms with Crippen molar-refractivity contribution in [2.24, 2.45) is 17.8 Å². The normalized spacial score (nSPS) is 30.4. The van der Waals surface area contributed by atoms with Gasteiger partial charge in [-0.3, -0.25) is 0 Å². The van der Waals surface area contributed by atoms with Crippen molar-refractivity contribution in [3.05, 3.63) is 48.0 Å². The highest BCUT2D eigenvalue weighted by atomic mass is 16.5. The van der Waals surface area contributed by atoms with Gasteiger partial charge in [-0.15, -0.1) is 0 Å². The molecular weight excluding hydrogens is 254 g/mol. The third-order valence-corrected chi connectivity index (χ3v) is 4.33. The summed E-state index contributed by atoms with van der Waals surface area (Å²) in [5, 5.41) is 12.4. The quantitative estimate of drug-likeness (QED) is 0.826. The van der Waals surface area contributed by atoms with Crippen molar-refractivity contribution in [2.75, 3.05) is 6.61 Å². The first-order valence-corrected chi connectivity index (χ1v) is 7.04. The van der Waals surface area contributed by atoms with Gasteiger partial charge in [0.25, 0.3) is 0 Å². The molecule has 2 N–H and O–H groups in total. The molecule has 1 amide bonds. The number of benzene rings is 1. The van der Waals surface area contributed by atoms with E-state index in [9.17, 15) is 9.90 Å². The Morgan fingerprint density at radius 1 is 1.25 bits per heavy atom. The van der Waals surface area contributed by atoms with Crippen LogP contribution in [-0.2, 0) is 11.3 Å². The predicted octanol–water partition coefficient (Wildman–Crippen LogP) is 2.10. The van der Waals surface area contributed by atoms with E-state index in [4.69, 9.17) is 4.74 Å². The van der Waals surface area contributed by atoms with E-state index in [0.717, 1.165) is 12.0 Å². The molecule has 0 aliphatic heterocycles. The molecule has 0 radical (unpaired) electrons. The number of aliphatic hydroxyl groups is 1. The molecule has 2 aliphatic rings. The van der Waals surface area contributed by atoms with E-state index in [1.165, 1.54) is 0 Å². The molecule has 0 heterocycles. The summed E-state index contributed by atoms with van der Waals surface area (Å²) >= 11 is 0. The summed E-state index contributed by atoms with van der Waals surface area (Å²) in [4.78, 5) is 11.9. The summed E-state index contributed by atoms with van der Waals surface area (Å²) in [6.07, 6.45) is 4.91. The summed E-state index contributed by atoms with van der Waals surface area (Å²) in [6.45, 7) is 0.377. The molecular formula is C16H19NO3. The lowest BCUT2D eigenvalue weighted by Crippen LogP contribution is -2.44. The summed E-state index contributed by atoms with van der Waals surface area (Å²) in [5.74, 6) is 0.847. The molecule has 4 nitrogen and oxygen atoms in total. The second-order valence-corrected chi connectivity index (χ2v) is 5.53. The van der Waals surface area contributed by atoms with Gasteiger partial charge >= 0.3 is 6.09 Å². The minimum atomic E-state index is -0.404. The Balaban J connectivity index is 1.53. The fraction of sp³-hybridized carbons (Fsp3) is 0.438. The van der Waals surface area contributed by atoms with E-state index in [1.54, 1.807) is 0 Å². The minimum absolute atomic E-state index is 0.00160. The van der Waals surface area contributed by atoms with Crippen LogP contribution >= 0.6 is 0 Å². The van der Waals surface area contributed by atoms with Gasteiger partial charge in [-0.05, 0) is 23.8 Å². The van der Waals surface area contributed by atoms with Gasteiger partial charge in [0, 0.05) is 18.6 Å². The molecule has 1 aromatic carbocycles. The second-order valence-electron chi connectivity index (χ2n) is 5.53. The van der Waals surface area contributed by atoms with E-state index in [0.29, 0.717) is 11.8 Å². The van der Waals surface area contributed by atoms with Crippen molar-refractivity contribution < 1.29 is 14.6 Å². The SMILES string of the molecule is O=C(NC1C(CO)[C@@H]2C=C[C@H]1C2)OCc1ccccc1. The van der Waals surface area contributed by atoms with Gasteiger partial charge in [0.15, 0.2) is 0 Å². The Kier molecular flexibility index (Phi) is 3.74. The van der Waals surface area contributed by atoms with Crippen molar-refractivity contribution in [1.82, 2.24) is 5.32 Å². The highest BCUT2D eigenvalue weighted by Gasteiger charge is 2.44. The molecule has 2 aliphatic carbocycles. The van der Waals surface area contributed by atoms with Crippen LogP contribution in [0, 0.1) is 17.8 Å². The number of alkyl carbamates (subject to hydrolysis) is 1. The van der Waals surface area contributed by atoms with Crippen molar-refractivity contribution in [1.29, 1.82) is 0 Å². The molecule has 2 unspecified atom stereocenters. The fourth-order valence-electron chi connectivity index (χ4n) is 3.29. The van der Waals surface area contributed by atoms with Gasteiger partial charge in [-0.1, -0.05) is 42.5 Å². The van der Waals surface area contributed by atoms with Crippen LogP contribution in [0.25, 0.3) is 0 Å². The van der Waals surface area contributed by atoms with Gasteiger partial charge in [0.1, 0.15) is 6.61 Å². The van der Waals surface area contributed by atoms with Crippen LogP contribution in [0.5, 0.6) is 0 Å². The Morgan fingerprint density at radius 3 is 2.75 bits per heavy atom. The monoisotopic (exact) mass is 273 g/mol. The molecule has 1 aromatic rings. The fourth-order valence-corrected chi connectivity index (χ4v) is 3.29. The molecule has 2 bridgehead atoms. The first kappa shape index (κ1) is 13.2. The van der Waals surface area contributed by atoms with Crippen molar-refractivity contribution >= 4 is 6.09 Å². The Morgan fingerprint density at radius 2 is 2.00 bits per heavy atom. The molecule has 0 spiro atoms. The Labute approximate surface area is 118 Å². The number of fused-ring (bicyclic) bond motifs is 2. The van der Waals surface area contributed by atoms with Crippen molar-refractivity contribution in [2.45, 2.75) is 19.1 Å². The van der Waals surface area contributed by atoms with Gasteiger partial charge in [-0.25, -0.2) is 4.79 Å². The van der Waals surface area contributed by atoms with Crippen LogP contribution in [0.2, 0.25) is 0 Å². The van der Waals surface area contributed by atoms with E-state index in [1.807, 2.05) is 30.3 Å². The summed E-state index contributed by atoms with van der Waals surface area (Å²) < 4.78 is 5.23. The van der Waals surface area contributed by atoms with Gasteiger partial charge in [0.2, 0.25) is 0 Å². The summed E-state index contributed by atoms with van der Waals surface area (Å²) in [6, 6.07) is 9.60. The van der Waals surface area contributed by atoms with Crippen LogP contribution < -0.4 is 5.32 Å². The second kappa shape index (κ2) is 5.67. The molecule has 1 fully saturated rings. The van der Waals surface area contributed by atoms with Crippen LogP contribution in [-0.4, -0.2) is 23.8 Å². The van der Waals surface area contributed by atoms with E-state index in [2.05, 4.69) is 17.5 Å². The maximum Gasteiger partial charge on any atom is 0.407 e. The number of hydrogen-bond acceptors (Lipinski definition) is 3. The number of carbonyl (C=O) groups is 1. The molecule has 3 rings (SSSR count). The maximum absolute atomic E-state index is 11.9. The van der Waals surface area contributed by atoms with Crippen LogP contribution in [0.15, 0.2) is 42.5 Å². The number of hydrogen-bond donors (Lipinski definition) is 2. The molecule has 0 aromatic heterocycles. The van der Waals surface area contributed by atoms with E-state index < -0.39 is 6.09 Å². The molecule has 20 heavy (non-hydrogen) atoms. The summed E-state index contributed by atoms with van der Waals surface area (Å²) in [7, 11) is 0. The number of ether oxygens (including phenoxy) is 1. The molecule has 1 saturated carbocycles. The van der Waals surface area contributed by atoms with Crippen LogP contribution in [0.3, 0.4) is 0 Å². The molecule has 4 atom stereocenters. The number of rotatable bonds is 4. The zero-order chi connectivity index (χ0) is 13.9. The van der Waals surface area contributed by atoms with Gasteiger partial charge in [-0.2, -0.15) is 0 Å². The van der Waals surface area contributed by atoms with Crippen molar-refractivity contribution in [3.63, 3.8) is 0 Å². The molecule has 4 heteroatoms. The minimum Gasteiger partial charge on any atom is -0.445 e. The average molecular weight is 273 g/mol. The zero-order valence-corrected chi connectivity index (χ0v) is 11.2. The topological polar surface area (TPSA) is 58.6 Å². The Hall–Kier alpha value is -1.81. The zero-order valence-electron chi connectivity index (χ0n) is 11.2. The van der Waals surface area contributed by atoms with E-state index >= 15 is 0 Å². The Bertz CT molecular complexity index is 500. The number of amides is 1. The number of aliphatic hydroxyl groups excluding tert-OH is 1. The van der Waals surface area contributed by atoms with Crippen LogP contribution in [0.1, 0.15) is 12.0 Å². The first-order valence-electron chi connectivity index (χ1n) is 7.04. The average Bonchev–Trinajstić information content (AvgIpc) is 3.07. The van der Waals surface area contributed by atoms with Gasteiger partial charge in [0.05, 0.1) is 0 Å². The largest absolute Gasteiger partial charge is 0.445 e. The third-order valence-electron chi connectivity index (χ3n) is 4.33. The third kappa shape index (κ3) is 2.56. The van der Waals surface area contributed by atoms with Gasteiger partial charge < -0.3 is 15.2 Å². The predicted molar refractivity (Wildman–Crippen MR) is 74.9 cm³/mol. The highest BCUT2D eigenvalue weighted by Crippen LogP contribution is 2.43. The number of allylic oxidation sites excluding steroid dienone is 1. The lowest BCUT2D eigenvalue weighted by molar-refractivity contribution is 0.122. The number of nitrogens with one attached hydrogen (secondary N) is 1. The molecule has 106 valence electrons. The first-order chi connectivity index (χ1) is 9.78.